The molecule has 2 atom stereocenters. The van der Waals surface area contributed by atoms with Gasteiger partial charge in [-0.3, -0.25) is 4.98 Å². The van der Waals surface area contributed by atoms with Gasteiger partial charge in [-0.15, -0.1) is 0 Å². The van der Waals surface area contributed by atoms with Crippen molar-refractivity contribution in [3.8, 4) is 11.4 Å². The number of aliphatic hydroxyl groups excluding tert-OH is 1. The summed E-state index contributed by atoms with van der Waals surface area (Å²) in [5.41, 5.74) is 2.60. The van der Waals surface area contributed by atoms with E-state index in [1.807, 2.05) is 12.3 Å². The number of hydrogen-bond donors (Lipinski definition) is 4. The molecule has 178 valence electrons. The van der Waals surface area contributed by atoms with E-state index in [0.29, 0.717) is 35.5 Å². The van der Waals surface area contributed by atoms with E-state index >= 15 is 0 Å². The van der Waals surface area contributed by atoms with E-state index in [1.54, 1.807) is 18.5 Å². The number of nitrogens with one attached hydrogen (secondary N) is 3. The predicted octanol–water partition coefficient (Wildman–Crippen LogP) is 3.38. The minimum absolute atomic E-state index is 0.0945. The van der Waals surface area contributed by atoms with Crippen LogP contribution in [0.5, 0.6) is 0 Å². The van der Waals surface area contributed by atoms with Crippen LogP contribution in [0.4, 0.5) is 21.8 Å². The molecule has 0 amide bonds. The Labute approximate surface area is 201 Å². The molecule has 4 aromatic heterocycles. The first-order chi connectivity index (χ1) is 17.2. The zero-order valence-corrected chi connectivity index (χ0v) is 18.9. The molecule has 0 spiro atoms. The van der Waals surface area contributed by atoms with Crippen molar-refractivity contribution >= 4 is 28.4 Å². The van der Waals surface area contributed by atoms with E-state index in [1.165, 1.54) is 18.3 Å². The summed E-state index contributed by atoms with van der Waals surface area (Å²) < 4.78 is 14.1. The van der Waals surface area contributed by atoms with Gasteiger partial charge in [-0.1, -0.05) is 0 Å². The summed E-state index contributed by atoms with van der Waals surface area (Å²) in [7, 11) is 0. The maximum absolute atomic E-state index is 14.1. The first-order valence-corrected chi connectivity index (χ1v) is 11.8. The summed E-state index contributed by atoms with van der Waals surface area (Å²) >= 11 is 0. The summed E-state index contributed by atoms with van der Waals surface area (Å²) in [4.78, 5) is 22.5. The van der Waals surface area contributed by atoms with Crippen molar-refractivity contribution in [3.63, 3.8) is 0 Å². The Bertz CT molecular complexity index is 1380. The molecule has 5 heterocycles. The van der Waals surface area contributed by atoms with Gasteiger partial charge in [0.15, 0.2) is 17.5 Å². The second-order valence-corrected chi connectivity index (χ2v) is 8.99. The van der Waals surface area contributed by atoms with Crippen LogP contribution in [0.2, 0.25) is 0 Å². The van der Waals surface area contributed by atoms with Crippen LogP contribution >= 0.6 is 0 Å². The number of halogens is 1. The summed E-state index contributed by atoms with van der Waals surface area (Å²) in [6.45, 7) is 1.36. The largest absolute Gasteiger partial charge is 0.390 e. The van der Waals surface area contributed by atoms with Crippen molar-refractivity contribution in [1.29, 1.82) is 0 Å². The third kappa shape index (κ3) is 4.50. The number of aliphatic hydroxyl groups is 1. The first-order valence-electron chi connectivity index (χ1n) is 11.8. The third-order valence-corrected chi connectivity index (χ3v) is 6.45. The van der Waals surface area contributed by atoms with Crippen LogP contribution in [0.1, 0.15) is 30.7 Å². The van der Waals surface area contributed by atoms with Gasteiger partial charge in [0.1, 0.15) is 11.6 Å². The molecule has 1 aliphatic heterocycles. The number of hydrogen-bond acceptors (Lipinski definition) is 9. The topological polar surface area (TPSA) is 121 Å². The molecule has 2 aliphatic rings. The summed E-state index contributed by atoms with van der Waals surface area (Å²) in [6, 6.07) is 6.32. The minimum Gasteiger partial charge on any atom is -0.390 e. The lowest BCUT2D eigenvalue weighted by atomic mass is 10.0. The molecule has 1 saturated heterocycles. The van der Waals surface area contributed by atoms with Gasteiger partial charge in [0.05, 0.1) is 23.9 Å². The average Bonchev–Trinajstić information content (AvgIpc) is 3.72. The van der Waals surface area contributed by atoms with E-state index < -0.39 is 11.9 Å². The quantitative estimate of drug-likeness (QED) is 0.335. The van der Waals surface area contributed by atoms with Gasteiger partial charge in [0.2, 0.25) is 0 Å². The normalized spacial score (nSPS) is 20.1. The molecular formula is C25H25FN8O. The summed E-state index contributed by atoms with van der Waals surface area (Å²) in [6.07, 6.45) is 9.30. The van der Waals surface area contributed by atoms with Crippen LogP contribution in [0.3, 0.4) is 0 Å². The highest BCUT2D eigenvalue weighted by Crippen LogP contribution is 2.44. The number of pyridine rings is 3. The lowest BCUT2D eigenvalue weighted by molar-refractivity contribution is 0.128. The monoisotopic (exact) mass is 472 g/mol. The maximum atomic E-state index is 14.1. The highest BCUT2D eigenvalue weighted by Gasteiger charge is 2.29. The summed E-state index contributed by atoms with van der Waals surface area (Å²) in [5.74, 6) is 1.71. The van der Waals surface area contributed by atoms with Crippen LogP contribution in [0.15, 0.2) is 49.1 Å². The third-order valence-electron chi connectivity index (χ3n) is 6.45. The number of rotatable bonds is 6. The fourth-order valence-corrected chi connectivity index (χ4v) is 4.47. The van der Waals surface area contributed by atoms with Crippen LogP contribution in [0, 0.1) is 5.82 Å². The molecule has 0 unspecified atom stereocenters. The van der Waals surface area contributed by atoms with Gasteiger partial charge >= 0.3 is 0 Å². The second-order valence-electron chi connectivity index (χ2n) is 8.99. The molecular weight excluding hydrogens is 447 g/mol. The Kier molecular flexibility index (Phi) is 5.67. The van der Waals surface area contributed by atoms with E-state index in [-0.39, 0.29) is 11.9 Å². The molecule has 9 nitrogen and oxygen atoms in total. The van der Waals surface area contributed by atoms with Crippen molar-refractivity contribution in [2.75, 3.05) is 23.7 Å². The van der Waals surface area contributed by atoms with Gasteiger partial charge in [0.25, 0.3) is 0 Å². The van der Waals surface area contributed by atoms with Crippen LogP contribution in [0.25, 0.3) is 22.3 Å². The van der Waals surface area contributed by atoms with E-state index in [2.05, 4.69) is 30.9 Å². The number of anilines is 3. The van der Waals surface area contributed by atoms with Crippen LogP contribution in [-0.4, -0.2) is 55.3 Å². The minimum atomic E-state index is -0.520. The fourth-order valence-electron chi connectivity index (χ4n) is 4.47. The zero-order chi connectivity index (χ0) is 23.8. The Balaban J connectivity index is 1.41. The SMILES string of the molecule is O[C@H]1CNCC[C@H]1Nc1nc(-c2ccnc(Nc3ncccc3F)c2)nc2cncc(C3CC3)c12. The van der Waals surface area contributed by atoms with Gasteiger partial charge in [-0.05, 0) is 61.6 Å². The standard InChI is InChI=1S/C25H25FN8O/c26-17-2-1-7-30-24(17)33-21-10-15(5-9-29-21)23-32-19-12-28-11-16(14-3-4-14)22(19)25(34-23)31-18-6-8-27-13-20(18)35/h1-2,5,7,9-12,14,18,20,27,35H,3-4,6,8,13H2,(H,29,30,33)(H,31,32,34)/t18-,20+/m1/s1. The molecule has 2 fully saturated rings. The second kappa shape index (κ2) is 9.12. The number of β-amino-alcohol motifs (C(OH)–C–C–N with tert-alkyl or cyclic N) is 1. The Morgan fingerprint density at radius 1 is 1.03 bits per heavy atom. The lowest BCUT2D eigenvalue weighted by Gasteiger charge is -2.30. The molecule has 6 rings (SSSR count). The lowest BCUT2D eigenvalue weighted by Crippen LogP contribution is -2.47. The van der Waals surface area contributed by atoms with Gasteiger partial charge in [-0.25, -0.2) is 24.3 Å². The van der Waals surface area contributed by atoms with Gasteiger partial charge in [0, 0.05) is 36.1 Å². The maximum Gasteiger partial charge on any atom is 0.167 e. The van der Waals surface area contributed by atoms with Crippen LogP contribution in [-0.2, 0) is 0 Å². The van der Waals surface area contributed by atoms with E-state index in [4.69, 9.17) is 9.97 Å². The molecule has 0 radical (unpaired) electrons. The highest BCUT2D eigenvalue weighted by atomic mass is 19.1. The van der Waals surface area contributed by atoms with E-state index in [9.17, 15) is 9.50 Å². The van der Waals surface area contributed by atoms with Crippen molar-refractivity contribution in [2.45, 2.75) is 37.3 Å². The Morgan fingerprint density at radius 2 is 1.94 bits per heavy atom. The van der Waals surface area contributed by atoms with Crippen molar-refractivity contribution in [1.82, 2.24) is 30.2 Å². The Hall–Kier alpha value is -3.76. The molecule has 4 aromatic rings. The van der Waals surface area contributed by atoms with Crippen molar-refractivity contribution < 1.29 is 9.50 Å². The first kappa shape index (κ1) is 21.8. The number of fused-ring (bicyclic) bond motifs is 1. The molecule has 0 aromatic carbocycles. The fraction of sp³-hybridized carbons (Fsp3) is 0.320. The van der Waals surface area contributed by atoms with Gasteiger partial charge < -0.3 is 21.1 Å². The van der Waals surface area contributed by atoms with Crippen molar-refractivity contribution in [2.24, 2.45) is 0 Å². The molecule has 0 bridgehead atoms. The zero-order valence-electron chi connectivity index (χ0n) is 18.9. The van der Waals surface area contributed by atoms with Crippen LogP contribution < -0.4 is 16.0 Å². The Morgan fingerprint density at radius 3 is 2.77 bits per heavy atom. The molecule has 35 heavy (non-hydrogen) atoms. The molecule has 1 saturated carbocycles. The van der Waals surface area contributed by atoms with E-state index in [0.717, 1.165) is 42.3 Å². The van der Waals surface area contributed by atoms with Gasteiger partial charge in [-0.2, -0.15) is 0 Å². The predicted molar refractivity (Wildman–Crippen MR) is 131 cm³/mol. The number of nitrogens with zero attached hydrogens (tertiary/aromatic N) is 5. The average molecular weight is 473 g/mol. The smallest absolute Gasteiger partial charge is 0.167 e. The molecule has 4 N–H and O–H groups in total. The molecule has 1 aliphatic carbocycles. The summed E-state index contributed by atoms with van der Waals surface area (Å²) in [5, 5.41) is 21.1. The highest BCUT2D eigenvalue weighted by molar-refractivity contribution is 5.93. The number of piperidine rings is 1. The molecule has 10 heteroatoms. The number of aromatic nitrogens is 5. The van der Waals surface area contributed by atoms with Crippen molar-refractivity contribution in [3.05, 3.63) is 60.4 Å².